The van der Waals surface area contributed by atoms with Gasteiger partial charge in [-0.2, -0.15) is 0 Å². The summed E-state index contributed by atoms with van der Waals surface area (Å²) in [6, 6.07) is 7.50. The SMILES string of the molecule is CN(CC1COc2ccccc2O1)C(=O)COCCN. The average Bonchev–Trinajstić information content (AvgIpc) is 2.47. The first kappa shape index (κ1) is 14.6. The fraction of sp³-hybridized carbons (Fsp3) is 0.500. The van der Waals surface area contributed by atoms with E-state index in [1.807, 2.05) is 24.3 Å². The summed E-state index contributed by atoms with van der Waals surface area (Å²) < 4.78 is 16.5. The third-order valence-corrected chi connectivity index (χ3v) is 2.96. The molecule has 1 heterocycles. The van der Waals surface area contributed by atoms with Gasteiger partial charge in [-0.05, 0) is 12.1 Å². The van der Waals surface area contributed by atoms with Crippen molar-refractivity contribution in [3.63, 3.8) is 0 Å². The molecule has 1 aromatic carbocycles. The van der Waals surface area contributed by atoms with Crippen molar-refractivity contribution in [1.29, 1.82) is 0 Å². The molecule has 0 fully saturated rings. The highest BCUT2D eigenvalue weighted by Gasteiger charge is 2.23. The van der Waals surface area contributed by atoms with Crippen LogP contribution in [0.4, 0.5) is 0 Å². The van der Waals surface area contributed by atoms with Crippen molar-refractivity contribution in [2.45, 2.75) is 6.10 Å². The molecule has 0 bridgehead atoms. The summed E-state index contributed by atoms with van der Waals surface area (Å²) in [7, 11) is 1.72. The number of nitrogens with zero attached hydrogens (tertiary/aromatic N) is 1. The van der Waals surface area contributed by atoms with Crippen molar-refractivity contribution in [3.05, 3.63) is 24.3 Å². The molecule has 1 aliphatic heterocycles. The number of nitrogens with two attached hydrogens (primary N) is 1. The third-order valence-electron chi connectivity index (χ3n) is 2.96. The molecule has 110 valence electrons. The predicted octanol–water partition coefficient (Wildman–Crippen LogP) is 0.260. The van der Waals surface area contributed by atoms with Crippen LogP contribution >= 0.6 is 0 Å². The molecular weight excluding hydrogens is 260 g/mol. The number of amides is 1. The monoisotopic (exact) mass is 280 g/mol. The Morgan fingerprint density at radius 3 is 2.95 bits per heavy atom. The number of carbonyl (C=O) groups excluding carboxylic acids is 1. The largest absolute Gasteiger partial charge is 0.486 e. The molecule has 1 aliphatic rings. The molecule has 1 unspecified atom stereocenters. The first-order valence-corrected chi connectivity index (χ1v) is 6.61. The summed E-state index contributed by atoms with van der Waals surface area (Å²) in [6.45, 7) is 1.72. The number of rotatable bonds is 6. The van der Waals surface area contributed by atoms with E-state index in [-0.39, 0.29) is 18.6 Å². The van der Waals surface area contributed by atoms with Gasteiger partial charge in [0.05, 0.1) is 13.2 Å². The lowest BCUT2D eigenvalue weighted by atomic mass is 10.2. The van der Waals surface area contributed by atoms with Gasteiger partial charge in [-0.25, -0.2) is 0 Å². The number of hydrogen-bond donors (Lipinski definition) is 1. The molecule has 1 amide bonds. The Kier molecular flexibility index (Phi) is 5.20. The first-order chi connectivity index (χ1) is 9.70. The van der Waals surface area contributed by atoms with Crippen molar-refractivity contribution >= 4 is 5.91 Å². The van der Waals surface area contributed by atoms with Gasteiger partial charge in [0.2, 0.25) is 5.91 Å². The molecule has 1 atom stereocenters. The quantitative estimate of drug-likeness (QED) is 0.757. The minimum atomic E-state index is -0.173. The molecule has 0 aliphatic carbocycles. The van der Waals surface area contributed by atoms with Crippen LogP contribution in [-0.4, -0.2) is 56.9 Å². The summed E-state index contributed by atoms with van der Waals surface area (Å²) in [6.07, 6.45) is -0.173. The maximum Gasteiger partial charge on any atom is 0.248 e. The van der Waals surface area contributed by atoms with Crippen LogP contribution in [0, 0.1) is 0 Å². The summed E-state index contributed by atoms with van der Waals surface area (Å²) in [5, 5.41) is 0. The number of ether oxygens (including phenoxy) is 3. The number of fused-ring (bicyclic) bond motifs is 1. The summed E-state index contributed by atoms with van der Waals surface area (Å²) in [5.74, 6) is 1.36. The van der Waals surface area contributed by atoms with Crippen LogP contribution in [0.1, 0.15) is 0 Å². The molecule has 2 rings (SSSR count). The van der Waals surface area contributed by atoms with Crippen LogP contribution < -0.4 is 15.2 Å². The minimum absolute atomic E-state index is 0.0395. The van der Waals surface area contributed by atoms with Crippen LogP contribution in [0.15, 0.2) is 24.3 Å². The summed E-state index contributed by atoms with van der Waals surface area (Å²) in [5.41, 5.74) is 5.30. The van der Waals surface area contributed by atoms with Crippen molar-refractivity contribution in [2.24, 2.45) is 5.73 Å². The zero-order chi connectivity index (χ0) is 14.4. The number of benzene rings is 1. The van der Waals surface area contributed by atoms with E-state index in [2.05, 4.69) is 0 Å². The molecule has 0 aromatic heterocycles. The van der Waals surface area contributed by atoms with Crippen LogP contribution in [0.2, 0.25) is 0 Å². The van der Waals surface area contributed by atoms with E-state index < -0.39 is 0 Å². The zero-order valence-electron chi connectivity index (χ0n) is 11.6. The Balaban J connectivity index is 1.81. The Morgan fingerprint density at radius 1 is 1.45 bits per heavy atom. The fourth-order valence-corrected chi connectivity index (χ4v) is 1.91. The number of carbonyl (C=O) groups is 1. The molecule has 0 saturated heterocycles. The molecule has 0 spiro atoms. The van der Waals surface area contributed by atoms with E-state index in [9.17, 15) is 4.79 Å². The van der Waals surface area contributed by atoms with Gasteiger partial charge in [0.25, 0.3) is 0 Å². The molecule has 1 aromatic rings. The number of para-hydroxylation sites is 2. The molecule has 2 N–H and O–H groups in total. The maximum absolute atomic E-state index is 11.8. The Morgan fingerprint density at radius 2 is 2.20 bits per heavy atom. The lowest BCUT2D eigenvalue weighted by molar-refractivity contribution is -0.136. The molecule has 6 nitrogen and oxygen atoms in total. The lowest BCUT2D eigenvalue weighted by Crippen LogP contribution is -2.43. The van der Waals surface area contributed by atoms with E-state index in [0.29, 0.717) is 32.1 Å². The van der Waals surface area contributed by atoms with E-state index in [1.54, 1.807) is 11.9 Å². The van der Waals surface area contributed by atoms with Gasteiger partial charge < -0.3 is 24.8 Å². The summed E-state index contributed by atoms with van der Waals surface area (Å²) in [4.78, 5) is 13.4. The van der Waals surface area contributed by atoms with Gasteiger partial charge in [0.15, 0.2) is 17.6 Å². The Bertz CT molecular complexity index is 453. The summed E-state index contributed by atoms with van der Waals surface area (Å²) >= 11 is 0. The molecule has 0 radical (unpaired) electrons. The second-order valence-electron chi connectivity index (χ2n) is 4.61. The van der Waals surface area contributed by atoms with E-state index in [4.69, 9.17) is 19.9 Å². The zero-order valence-corrected chi connectivity index (χ0v) is 11.6. The van der Waals surface area contributed by atoms with Crippen LogP contribution in [0.3, 0.4) is 0 Å². The van der Waals surface area contributed by atoms with Gasteiger partial charge in [0, 0.05) is 13.6 Å². The van der Waals surface area contributed by atoms with E-state index >= 15 is 0 Å². The van der Waals surface area contributed by atoms with Crippen molar-refractivity contribution in [2.75, 3.05) is 40.0 Å². The molecule has 20 heavy (non-hydrogen) atoms. The minimum Gasteiger partial charge on any atom is -0.486 e. The topological polar surface area (TPSA) is 74.0 Å². The van der Waals surface area contributed by atoms with Crippen LogP contribution in [0.25, 0.3) is 0 Å². The normalized spacial score (nSPS) is 16.8. The van der Waals surface area contributed by atoms with Gasteiger partial charge >= 0.3 is 0 Å². The molecule has 6 heteroatoms. The second kappa shape index (κ2) is 7.12. The van der Waals surface area contributed by atoms with Crippen LogP contribution in [-0.2, 0) is 9.53 Å². The highest BCUT2D eigenvalue weighted by molar-refractivity contribution is 5.77. The average molecular weight is 280 g/mol. The van der Waals surface area contributed by atoms with Gasteiger partial charge in [-0.15, -0.1) is 0 Å². The van der Waals surface area contributed by atoms with Gasteiger partial charge in [0.1, 0.15) is 13.2 Å². The van der Waals surface area contributed by atoms with E-state index in [0.717, 1.165) is 5.75 Å². The second-order valence-corrected chi connectivity index (χ2v) is 4.61. The Labute approximate surface area is 118 Å². The predicted molar refractivity (Wildman–Crippen MR) is 73.9 cm³/mol. The van der Waals surface area contributed by atoms with Crippen molar-refractivity contribution in [1.82, 2.24) is 4.90 Å². The van der Waals surface area contributed by atoms with E-state index in [1.165, 1.54) is 0 Å². The number of hydrogen-bond acceptors (Lipinski definition) is 5. The maximum atomic E-state index is 11.8. The molecule has 0 saturated carbocycles. The first-order valence-electron chi connectivity index (χ1n) is 6.61. The van der Waals surface area contributed by atoms with Crippen LogP contribution in [0.5, 0.6) is 11.5 Å². The van der Waals surface area contributed by atoms with Crippen molar-refractivity contribution in [3.8, 4) is 11.5 Å². The molecular formula is C14H20N2O4. The van der Waals surface area contributed by atoms with Gasteiger partial charge in [-0.1, -0.05) is 12.1 Å². The third kappa shape index (κ3) is 3.85. The highest BCUT2D eigenvalue weighted by atomic mass is 16.6. The number of likely N-dealkylation sites (N-methyl/N-ethyl adjacent to an activating group) is 1. The highest BCUT2D eigenvalue weighted by Crippen LogP contribution is 2.30. The smallest absolute Gasteiger partial charge is 0.248 e. The fourth-order valence-electron chi connectivity index (χ4n) is 1.91. The Hall–Kier alpha value is -1.79. The van der Waals surface area contributed by atoms with Gasteiger partial charge in [-0.3, -0.25) is 4.79 Å². The standard InChI is InChI=1S/C14H20N2O4/c1-16(14(17)10-18-7-6-15)8-11-9-19-12-4-2-3-5-13(12)20-11/h2-5,11H,6-10,15H2,1H3. The lowest BCUT2D eigenvalue weighted by Gasteiger charge is -2.29. The van der Waals surface area contributed by atoms with Crippen molar-refractivity contribution < 1.29 is 19.0 Å².